The summed E-state index contributed by atoms with van der Waals surface area (Å²) < 4.78 is 61.4. The van der Waals surface area contributed by atoms with Gasteiger partial charge in [-0.2, -0.15) is 4.98 Å². The second-order valence-electron chi connectivity index (χ2n) is 15.8. The van der Waals surface area contributed by atoms with Gasteiger partial charge in [-0.15, -0.1) is 0 Å². The minimum absolute atomic E-state index is 0.0167. The number of aromatic amines is 1. The van der Waals surface area contributed by atoms with Gasteiger partial charge in [0.05, 0.1) is 78.5 Å². The van der Waals surface area contributed by atoms with Gasteiger partial charge in [-0.25, -0.2) is 4.98 Å². The van der Waals surface area contributed by atoms with Gasteiger partial charge in [0, 0.05) is 60.4 Å². The molecule has 1 unspecified atom stereocenters. The zero-order chi connectivity index (χ0) is 47.8. The van der Waals surface area contributed by atoms with Crippen LogP contribution in [0.2, 0.25) is 0 Å². The van der Waals surface area contributed by atoms with Gasteiger partial charge in [-0.1, -0.05) is 0 Å². The second kappa shape index (κ2) is 25.8. The molecule has 2 saturated heterocycles. The molecule has 2 aliphatic rings. The Bertz CT molecular complexity index is 1900. The van der Waals surface area contributed by atoms with Crippen molar-refractivity contribution in [3.8, 4) is 0 Å². The van der Waals surface area contributed by atoms with E-state index >= 15 is 0 Å². The van der Waals surface area contributed by atoms with E-state index in [1.54, 1.807) is 4.57 Å². The Kier molecular flexibility index (Phi) is 21.3. The van der Waals surface area contributed by atoms with Crippen molar-refractivity contribution in [2.24, 2.45) is 0 Å². The summed E-state index contributed by atoms with van der Waals surface area (Å²) in [7, 11) is -1.36. The minimum atomic E-state index is -1.36. The third kappa shape index (κ3) is 15.0. The predicted octanol–water partition coefficient (Wildman–Crippen LogP) is -0.291. The lowest BCUT2D eigenvalue weighted by Crippen LogP contribution is -2.66. The van der Waals surface area contributed by atoms with Crippen molar-refractivity contribution in [2.45, 2.75) is 122 Å². The number of rotatable bonds is 27. The maximum absolute atomic E-state index is 12.7. The van der Waals surface area contributed by atoms with Gasteiger partial charge in [0.2, 0.25) is 11.9 Å². The van der Waals surface area contributed by atoms with Gasteiger partial charge in [-0.3, -0.25) is 38.2 Å². The topological polar surface area (TPSA) is 306 Å². The summed E-state index contributed by atoms with van der Waals surface area (Å²) in [5, 5.41) is 23.9. The fourth-order valence-corrected chi connectivity index (χ4v) is 11.2. The molecule has 0 aliphatic carbocycles. The molecule has 0 radical (unpaired) electrons. The van der Waals surface area contributed by atoms with Gasteiger partial charge in [-0.05, 0) is 27.7 Å². The zero-order valence-corrected chi connectivity index (χ0v) is 39.2. The van der Waals surface area contributed by atoms with Crippen LogP contribution in [0.4, 0.5) is 5.95 Å². The molecule has 0 aromatic carbocycles. The fourth-order valence-electron chi connectivity index (χ4n) is 7.75. The third-order valence-corrected chi connectivity index (χ3v) is 13.5. The number of hydrogen-bond donors (Lipinski definition) is 5. The molecular formula is C40H66N7O17P. The van der Waals surface area contributed by atoms with Crippen LogP contribution in [0, 0.1) is 0 Å². The average molecular weight is 948 g/mol. The molecule has 1 amide bonds. The van der Waals surface area contributed by atoms with Crippen molar-refractivity contribution < 1.29 is 76.8 Å². The first kappa shape index (κ1) is 53.7. The number of H-pyrrole nitrogens is 1. The van der Waals surface area contributed by atoms with E-state index in [-0.39, 0.29) is 81.9 Å². The number of nitrogens with two attached hydrogens (primary N) is 1. The van der Waals surface area contributed by atoms with Crippen LogP contribution >= 0.6 is 8.07 Å². The number of nitrogens with one attached hydrogen (secondary N) is 2. The molecule has 2 aromatic heterocycles. The number of amides is 1. The Morgan fingerprint density at radius 1 is 0.908 bits per heavy atom. The number of hydrogen-bond acceptors (Lipinski definition) is 21. The second-order valence-corrected chi connectivity index (χ2v) is 18.2. The van der Waals surface area contributed by atoms with Crippen molar-refractivity contribution in [1.82, 2.24) is 29.5 Å². The lowest BCUT2D eigenvalue weighted by molar-refractivity contribution is -0.279. The molecule has 9 atom stereocenters. The first-order valence-electron chi connectivity index (χ1n) is 21.5. The van der Waals surface area contributed by atoms with Crippen LogP contribution in [-0.4, -0.2) is 192 Å². The summed E-state index contributed by atoms with van der Waals surface area (Å²) in [4.78, 5) is 71.6. The van der Waals surface area contributed by atoms with Crippen LogP contribution in [0.5, 0.6) is 0 Å². The van der Waals surface area contributed by atoms with Crippen LogP contribution in [0.1, 0.15) is 61.8 Å². The molecule has 368 valence electrons. The van der Waals surface area contributed by atoms with Crippen molar-refractivity contribution in [3.05, 3.63) is 16.7 Å². The van der Waals surface area contributed by atoms with E-state index in [1.165, 1.54) is 20.2 Å². The van der Waals surface area contributed by atoms with Crippen LogP contribution in [0.25, 0.3) is 11.2 Å². The molecule has 2 aromatic rings. The highest BCUT2D eigenvalue weighted by molar-refractivity contribution is 7.56. The normalized spacial score (nSPS) is 25.0. The summed E-state index contributed by atoms with van der Waals surface area (Å²) in [6.07, 6.45) is -4.55. The molecule has 2 aliphatic heterocycles. The van der Waals surface area contributed by atoms with E-state index in [4.69, 9.17) is 53.1 Å². The number of carbonyl (C=O) groups is 4. The Morgan fingerprint density at radius 3 is 2.00 bits per heavy atom. The van der Waals surface area contributed by atoms with Gasteiger partial charge in [0.15, 0.2) is 35.1 Å². The predicted molar refractivity (Wildman–Crippen MR) is 230 cm³/mol. The van der Waals surface area contributed by atoms with E-state index in [1.807, 2.05) is 0 Å². The minimum Gasteiger partial charge on any atom is -0.463 e. The van der Waals surface area contributed by atoms with E-state index in [0.717, 1.165) is 13.8 Å². The number of esters is 3. The molecule has 24 nitrogen and oxygen atoms in total. The van der Waals surface area contributed by atoms with Crippen molar-refractivity contribution >= 4 is 49.0 Å². The number of ether oxygens (including phenoxy) is 10. The molecule has 0 bridgehead atoms. The summed E-state index contributed by atoms with van der Waals surface area (Å²) in [5.74, 6) is -2.63. The third-order valence-electron chi connectivity index (χ3n) is 10.1. The first-order chi connectivity index (χ1) is 30.9. The van der Waals surface area contributed by atoms with Crippen molar-refractivity contribution in [2.75, 3.05) is 84.6 Å². The van der Waals surface area contributed by atoms with Crippen LogP contribution < -0.4 is 16.6 Å². The van der Waals surface area contributed by atoms with E-state index in [0.29, 0.717) is 26.0 Å². The smallest absolute Gasteiger partial charge is 0.303 e. The quantitative estimate of drug-likeness (QED) is 0.0333. The van der Waals surface area contributed by atoms with E-state index in [9.17, 15) is 34.2 Å². The summed E-state index contributed by atoms with van der Waals surface area (Å²) >= 11 is 0. The van der Waals surface area contributed by atoms with Crippen LogP contribution in [0.15, 0.2) is 11.1 Å². The fraction of sp³-hybridized carbons (Fsp3) is 0.775. The maximum atomic E-state index is 12.7. The Balaban J connectivity index is 1.22. The summed E-state index contributed by atoms with van der Waals surface area (Å²) in [6, 6.07) is -0.991. The number of fused-ring (bicyclic) bond motifs is 1. The first-order valence-corrected chi connectivity index (χ1v) is 23.0. The van der Waals surface area contributed by atoms with Crippen molar-refractivity contribution in [3.63, 3.8) is 0 Å². The van der Waals surface area contributed by atoms with E-state index in [2.05, 4.69) is 52.6 Å². The SMILES string of the molecule is CC(=O)N[C@H]1[C@H](OCCOCCOCCOCCOCCP(N(C(C)C)C(C)C)[C@]2(n3cnc4c(=O)[nH]c(N)nc43)C[C@H](O)[C@@H](CO)O2)O[C@H](COC(C)=O)[C@H](OC(C)=O)[C@@H]1OC(C)=O. The summed E-state index contributed by atoms with van der Waals surface area (Å²) in [6.45, 7) is 14.3. The Hall–Kier alpha value is -3.94. The molecule has 65 heavy (non-hydrogen) atoms. The number of nitrogen functional groups attached to an aromatic ring is 1. The Morgan fingerprint density at radius 2 is 1.48 bits per heavy atom. The largest absolute Gasteiger partial charge is 0.463 e. The van der Waals surface area contributed by atoms with Gasteiger partial charge < -0.3 is 68.6 Å². The van der Waals surface area contributed by atoms with Crippen molar-refractivity contribution in [1.29, 1.82) is 0 Å². The lowest BCUT2D eigenvalue weighted by atomic mass is 9.96. The monoisotopic (exact) mass is 947 g/mol. The number of aliphatic hydroxyl groups is 2. The highest BCUT2D eigenvalue weighted by Gasteiger charge is 2.56. The highest BCUT2D eigenvalue weighted by Crippen LogP contribution is 2.63. The molecule has 4 rings (SSSR count). The van der Waals surface area contributed by atoms with Crippen LogP contribution in [-0.2, 0) is 72.0 Å². The molecule has 4 heterocycles. The molecule has 2 fully saturated rings. The number of anilines is 1. The average Bonchev–Trinajstić information content (AvgIpc) is 3.80. The number of aliphatic hydroxyl groups excluding tert-OH is 2. The molecule has 0 spiro atoms. The number of nitrogens with zero attached hydrogens (tertiary/aromatic N) is 4. The number of carbonyl (C=O) groups excluding carboxylic acids is 4. The van der Waals surface area contributed by atoms with Gasteiger partial charge in [0.1, 0.15) is 24.9 Å². The maximum Gasteiger partial charge on any atom is 0.303 e. The van der Waals surface area contributed by atoms with E-state index < -0.39 is 92.4 Å². The zero-order valence-electron chi connectivity index (χ0n) is 38.3. The van der Waals surface area contributed by atoms with Gasteiger partial charge >= 0.3 is 17.9 Å². The Labute approximate surface area is 378 Å². The molecule has 0 saturated carbocycles. The molecule has 25 heteroatoms. The highest BCUT2D eigenvalue weighted by atomic mass is 31.1. The standard InChI is InChI=1S/C40H66N7O17P/c1-23(2)47(24(3)4)65(40(19-29(53)30(20-48)64-40)46-22-42-33-36(46)44-39(41)45-37(33)54)18-17-58-14-13-56-10-9-55-11-12-57-15-16-59-38-32(43-25(5)49)35(62-28(8)52)34(61-27(7)51)31(63-38)21-60-26(6)50/h22-24,29-32,34-35,38,48,53H,9-21H2,1-8H3,(H,43,49)(H3,41,44,45,54)/t29-,30+,31+,32+,34-,35+,38+,40-,65?/m0/s1. The lowest BCUT2D eigenvalue weighted by Gasteiger charge is -2.47. The number of aromatic nitrogens is 4. The summed E-state index contributed by atoms with van der Waals surface area (Å²) in [5.41, 5.74) is 4.48. The number of imidazole rings is 1. The van der Waals surface area contributed by atoms with Crippen LogP contribution in [0.3, 0.4) is 0 Å². The molecular weight excluding hydrogens is 881 g/mol. The molecule has 6 N–H and O–H groups in total. The van der Waals surface area contributed by atoms with Gasteiger partial charge in [0.25, 0.3) is 5.56 Å².